The number of hydrogen-bond donors (Lipinski definition) is 0. The van der Waals surface area contributed by atoms with Crippen molar-refractivity contribution in [3.05, 3.63) is 0 Å². The Balaban J connectivity index is 3.30. The molecule has 0 unspecified atom stereocenters. The molecule has 20 heavy (non-hydrogen) atoms. The normalized spacial score (nSPS) is 10.3. The van der Waals surface area contributed by atoms with E-state index in [-0.39, 0.29) is 18.8 Å². The average molecular weight is 288 g/mol. The van der Waals surface area contributed by atoms with Crippen molar-refractivity contribution in [1.29, 1.82) is 0 Å². The molecule has 0 rings (SSSR count). The van der Waals surface area contributed by atoms with Gasteiger partial charge in [0.15, 0.2) is 0 Å². The van der Waals surface area contributed by atoms with Gasteiger partial charge in [0.05, 0.1) is 26.1 Å². The van der Waals surface area contributed by atoms with E-state index >= 15 is 0 Å². The summed E-state index contributed by atoms with van der Waals surface area (Å²) in [4.78, 5) is 31.8. The van der Waals surface area contributed by atoms with Crippen LogP contribution in [-0.4, -0.2) is 25.2 Å². The number of hydrogen-bond acceptors (Lipinski definition) is 5. The van der Waals surface area contributed by atoms with Crippen LogP contribution in [0.5, 0.6) is 0 Å². The van der Waals surface area contributed by atoms with E-state index in [1.165, 1.54) is 25.7 Å². The first kappa shape index (κ1) is 18.9. The lowest BCUT2D eigenvalue weighted by molar-refractivity contribution is -0.272. The van der Waals surface area contributed by atoms with Gasteiger partial charge in [-0.05, 0) is 12.8 Å². The zero-order chi connectivity index (χ0) is 15.1. The third-order valence-corrected chi connectivity index (χ3v) is 2.73. The molecule has 0 bridgehead atoms. The Kier molecular flexibility index (Phi) is 13.5. The third-order valence-electron chi connectivity index (χ3n) is 2.73. The number of ether oxygens (including phenoxy) is 1. The Bertz CT molecular complexity index is 253. The highest BCUT2D eigenvalue weighted by atomic mass is 17.2. The van der Waals surface area contributed by atoms with Gasteiger partial charge in [0.1, 0.15) is 0 Å². The van der Waals surface area contributed by atoms with E-state index in [0.717, 1.165) is 19.3 Å². The fourth-order valence-electron chi connectivity index (χ4n) is 1.58. The average Bonchev–Trinajstić information content (AvgIpc) is 2.45. The predicted molar refractivity (Wildman–Crippen MR) is 75.9 cm³/mol. The van der Waals surface area contributed by atoms with Crippen LogP contribution in [0.15, 0.2) is 0 Å². The Morgan fingerprint density at radius 3 is 2.10 bits per heavy atom. The summed E-state index contributed by atoms with van der Waals surface area (Å²) in [6.07, 6.45) is 7.72. The van der Waals surface area contributed by atoms with Crippen molar-refractivity contribution in [2.24, 2.45) is 0 Å². The van der Waals surface area contributed by atoms with Crippen molar-refractivity contribution < 1.29 is 24.1 Å². The number of esters is 1. The van der Waals surface area contributed by atoms with Crippen LogP contribution in [-0.2, 0) is 24.1 Å². The molecular formula is C15H28O5. The van der Waals surface area contributed by atoms with Gasteiger partial charge >= 0.3 is 11.9 Å². The summed E-state index contributed by atoms with van der Waals surface area (Å²) < 4.78 is 4.84. The molecule has 0 fully saturated rings. The Morgan fingerprint density at radius 2 is 1.40 bits per heavy atom. The molecule has 0 aromatic heterocycles. The van der Waals surface area contributed by atoms with Crippen LogP contribution in [0.25, 0.3) is 0 Å². The number of carbonyl (C=O) groups excluding carboxylic acids is 2. The minimum Gasteiger partial charge on any atom is -0.466 e. The standard InChI is InChI=1S/C15H28O5/c1-3-5-6-7-8-9-13-19-20-15(17)11-10-14(16)18-12-4-2/h3-13H2,1-2H3. The fraction of sp³-hybridized carbons (Fsp3) is 0.867. The van der Waals surface area contributed by atoms with Crippen LogP contribution in [0.2, 0.25) is 0 Å². The van der Waals surface area contributed by atoms with E-state index in [4.69, 9.17) is 9.62 Å². The lowest BCUT2D eigenvalue weighted by Crippen LogP contribution is -2.11. The Labute approximate surface area is 121 Å². The third kappa shape index (κ3) is 13.3. The topological polar surface area (TPSA) is 61.8 Å². The van der Waals surface area contributed by atoms with Crippen LogP contribution in [0.4, 0.5) is 0 Å². The first-order valence-electron chi connectivity index (χ1n) is 7.68. The zero-order valence-electron chi connectivity index (χ0n) is 12.8. The monoisotopic (exact) mass is 288 g/mol. The summed E-state index contributed by atoms with van der Waals surface area (Å²) >= 11 is 0. The zero-order valence-corrected chi connectivity index (χ0v) is 12.8. The minimum absolute atomic E-state index is 0.000945. The second-order valence-electron chi connectivity index (χ2n) is 4.77. The van der Waals surface area contributed by atoms with Gasteiger partial charge < -0.3 is 4.74 Å². The lowest BCUT2D eigenvalue weighted by Gasteiger charge is -2.04. The van der Waals surface area contributed by atoms with Gasteiger partial charge in [0, 0.05) is 0 Å². The molecule has 0 radical (unpaired) electrons. The van der Waals surface area contributed by atoms with Gasteiger partial charge in [0.2, 0.25) is 0 Å². The highest BCUT2D eigenvalue weighted by molar-refractivity contribution is 5.77. The second-order valence-corrected chi connectivity index (χ2v) is 4.77. The van der Waals surface area contributed by atoms with Crippen LogP contribution in [0.3, 0.4) is 0 Å². The highest BCUT2D eigenvalue weighted by Crippen LogP contribution is 2.05. The van der Waals surface area contributed by atoms with Gasteiger partial charge in [-0.3, -0.25) is 9.68 Å². The summed E-state index contributed by atoms with van der Waals surface area (Å²) in [5.74, 6) is -0.899. The number of rotatable bonds is 13. The van der Waals surface area contributed by atoms with E-state index in [0.29, 0.717) is 13.2 Å². The summed E-state index contributed by atoms with van der Waals surface area (Å²) in [6.45, 7) is 4.90. The largest absolute Gasteiger partial charge is 0.466 e. The van der Waals surface area contributed by atoms with Gasteiger partial charge in [-0.2, -0.15) is 4.89 Å². The highest BCUT2D eigenvalue weighted by Gasteiger charge is 2.09. The van der Waals surface area contributed by atoms with E-state index in [2.05, 4.69) is 11.8 Å². The first-order chi connectivity index (χ1) is 9.70. The van der Waals surface area contributed by atoms with Crippen molar-refractivity contribution in [2.75, 3.05) is 13.2 Å². The fourth-order valence-corrected chi connectivity index (χ4v) is 1.58. The van der Waals surface area contributed by atoms with E-state index in [1.54, 1.807) is 0 Å². The van der Waals surface area contributed by atoms with Crippen LogP contribution >= 0.6 is 0 Å². The molecule has 0 saturated carbocycles. The first-order valence-corrected chi connectivity index (χ1v) is 7.68. The smallest absolute Gasteiger partial charge is 0.342 e. The molecule has 5 heteroatoms. The molecular weight excluding hydrogens is 260 g/mol. The number of unbranched alkanes of at least 4 members (excludes halogenated alkanes) is 5. The molecule has 118 valence electrons. The molecule has 5 nitrogen and oxygen atoms in total. The molecule has 0 atom stereocenters. The van der Waals surface area contributed by atoms with Crippen molar-refractivity contribution in [3.63, 3.8) is 0 Å². The SMILES string of the molecule is CCCCCCCCOOC(=O)CCC(=O)OCCC. The molecule has 0 aliphatic rings. The van der Waals surface area contributed by atoms with Crippen LogP contribution < -0.4 is 0 Å². The van der Waals surface area contributed by atoms with Crippen molar-refractivity contribution >= 4 is 11.9 Å². The van der Waals surface area contributed by atoms with Crippen LogP contribution in [0.1, 0.15) is 71.6 Å². The van der Waals surface area contributed by atoms with Gasteiger partial charge in [-0.15, -0.1) is 0 Å². The Morgan fingerprint density at radius 1 is 0.750 bits per heavy atom. The van der Waals surface area contributed by atoms with Crippen LogP contribution in [0, 0.1) is 0 Å². The molecule has 0 aliphatic carbocycles. The predicted octanol–water partition coefficient (Wildman–Crippen LogP) is 3.56. The maximum absolute atomic E-state index is 11.2. The van der Waals surface area contributed by atoms with Crippen molar-refractivity contribution in [3.8, 4) is 0 Å². The quantitative estimate of drug-likeness (QED) is 0.224. The molecule has 0 aromatic rings. The summed E-state index contributed by atoms with van der Waals surface area (Å²) in [7, 11) is 0. The van der Waals surface area contributed by atoms with Crippen molar-refractivity contribution in [1.82, 2.24) is 0 Å². The second kappa shape index (κ2) is 14.3. The van der Waals surface area contributed by atoms with E-state index < -0.39 is 5.97 Å². The van der Waals surface area contributed by atoms with Crippen molar-refractivity contribution in [2.45, 2.75) is 71.6 Å². The maximum Gasteiger partial charge on any atom is 0.342 e. The molecule has 0 spiro atoms. The summed E-state index contributed by atoms with van der Waals surface area (Å²) in [6, 6.07) is 0. The maximum atomic E-state index is 11.2. The lowest BCUT2D eigenvalue weighted by atomic mass is 10.1. The summed E-state index contributed by atoms with van der Waals surface area (Å²) in [5, 5.41) is 0. The van der Waals surface area contributed by atoms with Gasteiger partial charge in [0.25, 0.3) is 0 Å². The molecule has 0 aliphatic heterocycles. The van der Waals surface area contributed by atoms with E-state index in [1.807, 2.05) is 6.92 Å². The molecule has 0 aromatic carbocycles. The Hall–Kier alpha value is -1.10. The van der Waals surface area contributed by atoms with Gasteiger partial charge in [-0.25, -0.2) is 4.79 Å². The van der Waals surface area contributed by atoms with E-state index in [9.17, 15) is 9.59 Å². The number of carbonyl (C=O) groups is 2. The minimum atomic E-state index is -0.524. The molecule has 0 N–H and O–H groups in total. The molecule has 0 amide bonds. The summed E-state index contributed by atoms with van der Waals surface area (Å²) in [5.41, 5.74) is 0. The molecule has 0 heterocycles. The molecule has 0 saturated heterocycles. The van der Waals surface area contributed by atoms with Gasteiger partial charge in [-0.1, -0.05) is 46.0 Å².